The first kappa shape index (κ1) is 37.8. The molecule has 0 amide bonds. The van der Waals surface area contributed by atoms with Crippen LogP contribution in [-0.2, 0) is 10.8 Å². The quantitative estimate of drug-likeness (QED) is 0.156. The fourth-order valence-corrected chi connectivity index (χ4v) is 12.0. The van der Waals surface area contributed by atoms with E-state index in [0.29, 0.717) is 0 Å². The van der Waals surface area contributed by atoms with Crippen molar-refractivity contribution in [3.63, 3.8) is 0 Å². The van der Waals surface area contributed by atoms with Crippen LogP contribution in [0.3, 0.4) is 0 Å². The largest absolute Gasteiger partial charge is 0.311 e. The first-order valence-electron chi connectivity index (χ1n) is 23.0. The molecule has 0 radical (unpaired) electrons. The summed E-state index contributed by atoms with van der Waals surface area (Å²) >= 11 is 0. The molecule has 1 heteroatoms. The Labute approximate surface area is 380 Å². The van der Waals surface area contributed by atoms with Crippen LogP contribution < -0.4 is 4.90 Å². The highest BCUT2D eigenvalue weighted by molar-refractivity contribution is 6.25. The highest BCUT2D eigenvalue weighted by atomic mass is 15.1. The van der Waals surface area contributed by atoms with E-state index < -0.39 is 0 Å². The van der Waals surface area contributed by atoms with Gasteiger partial charge in [0, 0.05) is 27.9 Å². The van der Waals surface area contributed by atoms with E-state index in [4.69, 9.17) is 0 Å². The van der Waals surface area contributed by atoms with Crippen LogP contribution in [-0.4, -0.2) is 0 Å². The molecular weight excluding hydrogens is 783 g/mol. The third-order valence-electron chi connectivity index (χ3n) is 15.0. The lowest BCUT2D eigenvalue weighted by atomic mass is 9.67. The number of hydrogen-bond acceptors (Lipinski definition) is 1. The molecule has 0 saturated carbocycles. The van der Waals surface area contributed by atoms with Crippen molar-refractivity contribution in [2.24, 2.45) is 0 Å². The highest BCUT2D eigenvalue weighted by Gasteiger charge is 2.36. The predicted molar refractivity (Wildman–Crippen MR) is 277 cm³/mol. The van der Waals surface area contributed by atoms with Gasteiger partial charge >= 0.3 is 0 Å². The van der Waals surface area contributed by atoms with E-state index in [9.17, 15) is 0 Å². The summed E-state index contributed by atoms with van der Waals surface area (Å²) in [5, 5.41) is 10.5. The van der Waals surface area contributed by atoms with E-state index in [0.717, 1.165) is 17.1 Å². The van der Waals surface area contributed by atoms with Crippen molar-refractivity contribution in [3.05, 3.63) is 235 Å². The monoisotopic (exact) mass is 829 g/mol. The maximum Gasteiger partial charge on any atom is 0.0462 e. The molecule has 0 spiro atoms. The zero-order valence-corrected chi connectivity index (χ0v) is 37.2. The van der Waals surface area contributed by atoms with Gasteiger partial charge in [0.2, 0.25) is 0 Å². The molecule has 0 bridgehead atoms. The zero-order chi connectivity index (χ0) is 43.6. The summed E-state index contributed by atoms with van der Waals surface area (Å²) in [5.41, 5.74) is 19.1. The fraction of sp³-hybridized carbons (Fsp3) is 0.0938. The molecule has 11 aromatic rings. The van der Waals surface area contributed by atoms with E-state index in [1.165, 1.54) is 110 Å². The summed E-state index contributed by atoms with van der Waals surface area (Å²) in [7, 11) is 0. The standard InChI is InChI=1S/C64H47N/c1-63(2)53-28-14-12-24-49(53)59-47-22-10-8-20-45(47)57(51-26-16-30-55(63)61(51)59)40-32-36-43(37-33-40)65(42-18-6-5-7-19-42)44-38-34-41(35-39-44)58-46-21-9-11-23-48(46)60-50-25-13-15-29-54(50)64(3,4)56-31-17-27-52(58)62(56)60/h5-39H,1-4H3. The van der Waals surface area contributed by atoms with Crippen LogP contribution >= 0.6 is 0 Å². The number of fused-ring (bicyclic) bond motifs is 8. The first-order valence-corrected chi connectivity index (χ1v) is 23.0. The molecule has 0 atom stereocenters. The van der Waals surface area contributed by atoms with Gasteiger partial charge in [0.25, 0.3) is 0 Å². The number of nitrogens with zero attached hydrogens (tertiary/aromatic N) is 1. The Kier molecular flexibility index (Phi) is 8.07. The molecule has 2 aliphatic rings. The predicted octanol–water partition coefficient (Wildman–Crippen LogP) is 17.7. The molecule has 11 aromatic carbocycles. The van der Waals surface area contributed by atoms with Gasteiger partial charge in [0.15, 0.2) is 0 Å². The van der Waals surface area contributed by atoms with Crippen LogP contribution in [0.15, 0.2) is 212 Å². The molecule has 1 nitrogen and oxygen atoms in total. The average Bonchev–Trinajstić information content (AvgIpc) is 3.35. The Morgan fingerprint density at radius 1 is 0.262 bits per heavy atom. The molecule has 308 valence electrons. The number of para-hydroxylation sites is 1. The molecule has 0 fully saturated rings. The molecule has 65 heavy (non-hydrogen) atoms. The van der Waals surface area contributed by atoms with E-state index in [1.54, 1.807) is 0 Å². The maximum atomic E-state index is 2.39. The van der Waals surface area contributed by atoms with Crippen molar-refractivity contribution in [3.8, 4) is 44.5 Å². The number of benzene rings is 11. The summed E-state index contributed by atoms with van der Waals surface area (Å²) in [5.74, 6) is 0. The van der Waals surface area contributed by atoms with E-state index in [-0.39, 0.29) is 10.8 Å². The van der Waals surface area contributed by atoms with Gasteiger partial charge in [-0.15, -0.1) is 0 Å². The molecule has 13 rings (SSSR count). The van der Waals surface area contributed by atoms with Crippen LogP contribution in [0, 0.1) is 0 Å². The second-order valence-electron chi connectivity index (χ2n) is 19.2. The molecule has 0 saturated heterocycles. The van der Waals surface area contributed by atoms with Crippen LogP contribution in [0.2, 0.25) is 0 Å². The minimum Gasteiger partial charge on any atom is -0.311 e. The topological polar surface area (TPSA) is 3.24 Å². The second-order valence-corrected chi connectivity index (χ2v) is 19.2. The summed E-state index contributed by atoms with van der Waals surface area (Å²) in [6, 6.07) is 79.3. The highest BCUT2D eigenvalue weighted by Crippen LogP contribution is 2.55. The molecule has 0 unspecified atom stereocenters. The Morgan fingerprint density at radius 3 is 1.02 bits per heavy atom. The summed E-state index contributed by atoms with van der Waals surface area (Å²) < 4.78 is 0. The van der Waals surface area contributed by atoms with Gasteiger partial charge in [0.05, 0.1) is 0 Å². The Bertz CT molecular complexity index is 3510. The first-order chi connectivity index (χ1) is 31.8. The van der Waals surface area contributed by atoms with Crippen molar-refractivity contribution in [1.82, 2.24) is 0 Å². The van der Waals surface area contributed by atoms with Crippen LogP contribution in [0.4, 0.5) is 17.1 Å². The van der Waals surface area contributed by atoms with Crippen molar-refractivity contribution in [2.75, 3.05) is 4.90 Å². The van der Waals surface area contributed by atoms with Gasteiger partial charge in [-0.1, -0.05) is 204 Å². The van der Waals surface area contributed by atoms with Gasteiger partial charge < -0.3 is 4.90 Å². The lowest BCUT2D eigenvalue weighted by molar-refractivity contribution is 0.645. The minimum atomic E-state index is -0.123. The van der Waals surface area contributed by atoms with Crippen molar-refractivity contribution in [1.29, 1.82) is 0 Å². The van der Waals surface area contributed by atoms with Crippen LogP contribution in [0.25, 0.3) is 87.6 Å². The van der Waals surface area contributed by atoms with Gasteiger partial charge in [-0.2, -0.15) is 0 Å². The van der Waals surface area contributed by atoms with Gasteiger partial charge in [0.1, 0.15) is 0 Å². The lowest BCUT2D eigenvalue weighted by Crippen LogP contribution is -2.23. The van der Waals surface area contributed by atoms with Crippen molar-refractivity contribution < 1.29 is 0 Å². The van der Waals surface area contributed by atoms with Crippen LogP contribution in [0.1, 0.15) is 49.9 Å². The minimum absolute atomic E-state index is 0.123. The second kappa shape index (κ2) is 13.9. The van der Waals surface area contributed by atoms with Gasteiger partial charge in [-0.05, 0) is 146 Å². The lowest BCUT2D eigenvalue weighted by Gasteiger charge is -2.36. The maximum absolute atomic E-state index is 2.39. The van der Waals surface area contributed by atoms with Crippen molar-refractivity contribution in [2.45, 2.75) is 38.5 Å². The Morgan fingerprint density at radius 2 is 0.585 bits per heavy atom. The third-order valence-corrected chi connectivity index (χ3v) is 15.0. The van der Waals surface area contributed by atoms with Crippen molar-refractivity contribution >= 4 is 60.2 Å². The SMILES string of the molecule is CC1(C)c2ccccc2-c2c3ccccc3c(-c3ccc(N(c4ccccc4)c4ccc(-c5c6ccccc6c6c7c(cccc57)C(C)(C)c5ccccc5-6)cc4)cc3)c3cccc1c23. The number of rotatable bonds is 5. The Hall–Kier alpha value is -7.74. The molecule has 0 aliphatic heterocycles. The fourth-order valence-electron chi connectivity index (χ4n) is 12.0. The smallest absolute Gasteiger partial charge is 0.0462 e. The van der Waals surface area contributed by atoms with Gasteiger partial charge in [-0.3, -0.25) is 0 Å². The summed E-state index contributed by atoms with van der Waals surface area (Å²) in [4.78, 5) is 2.39. The van der Waals surface area contributed by atoms with Crippen LogP contribution in [0.5, 0.6) is 0 Å². The van der Waals surface area contributed by atoms with E-state index in [2.05, 4.69) is 245 Å². The third kappa shape index (κ3) is 5.33. The average molecular weight is 830 g/mol. The molecule has 0 N–H and O–H groups in total. The summed E-state index contributed by atoms with van der Waals surface area (Å²) in [6.45, 7) is 9.53. The molecule has 2 aliphatic carbocycles. The van der Waals surface area contributed by atoms with Gasteiger partial charge in [-0.25, -0.2) is 0 Å². The summed E-state index contributed by atoms with van der Waals surface area (Å²) in [6.07, 6.45) is 0. The number of hydrogen-bond donors (Lipinski definition) is 0. The number of anilines is 3. The molecule has 0 heterocycles. The van der Waals surface area contributed by atoms with E-state index >= 15 is 0 Å². The Balaban J connectivity index is 0.958. The normalized spacial score (nSPS) is 14.1. The van der Waals surface area contributed by atoms with E-state index in [1.807, 2.05) is 0 Å². The molecular formula is C64H47N. The zero-order valence-electron chi connectivity index (χ0n) is 37.2. The molecule has 0 aromatic heterocycles.